The summed E-state index contributed by atoms with van der Waals surface area (Å²) in [6.07, 6.45) is -0.879. The molecule has 1 atom stereocenters. The number of esters is 1. The van der Waals surface area contributed by atoms with Gasteiger partial charge >= 0.3 is 11.9 Å². The topological polar surface area (TPSA) is 96.6 Å². The summed E-state index contributed by atoms with van der Waals surface area (Å²) in [6, 6.07) is 1.47. The number of carbonyl (C=O) groups is 2. The number of hydrogen-bond donors (Lipinski definition) is 1. The summed E-state index contributed by atoms with van der Waals surface area (Å²) in [5, 5.41) is 16.9. The lowest BCUT2D eigenvalue weighted by molar-refractivity contribution is -0.157. The van der Waals surface area contributed by atoms with Gasteiger partial charge < -0.3 is 14.6 Å². The van der Waals surface area contributed by atoms with E-state index in [9.17, 15) is 9.59 Å². The average Bonchev–Trinajstić information content (AvgIpc) is 2.28. The van der Waals surface area contributed by atoms with Crippen molar-refractivity contribution >= 4 is 11.9 Å². The van der Waals surface area contributed by atoms with Crippen LogP contribution in [0.25, 0.3) is 0 Å². The predicted octanol–water partition coefficient (Wildman–Crippen LogP) is 0.959. The van der Waals surface area contributed by atoms with Crippen LogP contribution in [-0.4, -0.2) is 36.4 Å². The highest BCUT2D eigenvalue weighted by Gasteiger charge is 2.27. The summed E-state index contributed by atoms with van der Waals surface area (Å²) < 4.78 is 9.62. The standard InChI is InChI=1S/C11H17NO5/c1-4-11(2,3)10(15)17-6-5-16-8(7-12)9(13)14/h8H,4-6H2,1-3H3,(H,13,14). The van der Waals surface area contributed by atoms with E-state index in [1.807, 2.05) is 6.92 Å². The first-order chi connectivity index (χ1) is 7.85. The van der Waals surface area contributed by atoms with Crippen molar-refractivity contribution in [3.8, 4) is 6.07 Å². The lowest BCUT2D eigenvalue weighted by Gasteiger charge is -2.20. The minimum absolute atomic E-state index is 0.0618. The number of carboxylic acids is 1. The van der Waals surface area contributed by atoms with Gasteiger partial charge in [0, 0.05) is 0 Å². The zero-order valence-corrected chi connectivity index (χ0v) is 10.2. The Morgan fingerprint density at radius 3 is 2.41 bits per heavy atom. The Morgan fingerprint density at radius 1 is 1.41 bits per heavy atom. The quantitative estimate of drug-likeness (QED) is 0.528. The van der Waals surface area contributed by atoms with Gasteiger partial charge in [0.15, 0.2) is 0 Å². The second-order valence-electron chi connectivity index (χ2n) is 4.09. The van der Waals surface area contributed by atoms with Crippen molar-refractivity contribution in [2.75, 3.05) is 13.2 Å². The Balaban J connectivity index is 3.91. The third-order valence-corrected chi connectivity index (χ3v) is 2.38. The Morgan fingerprint density at radius 2 is 2.00 bits per heavy atom. The van der Waals surface area contributed by atoms with Crippen molar-refractivity contribution < 1.29 is 24.2 Å². The zero-order valence-electron chi connectivity index (χ0n) is 10.2. The van der Waals surface area contributed by atoms with Gasteiger partial charge in [-0.25, -0.2) is 4.79 Å². The number of hydrogen-bond acceptors (Lipinski definition) is 5. The van der Waals surface area contributed by atoms with Gasteiger partial charge in [0.2, 0.25) is 6.10 Å². The zero-order chi connectivity index (χ0) is 13.5. The molecule has 0 aromatic rings. The van der Waals surface area contributed by atoms with E-state index < -0.39 is 17.5 Å². The van der Waals surface area contributed by atoms with Gasteiger partial charge in [-0.15, -0.1) is 0 Å². The fraction of sp³-hybridized carbons (Fsp3) is 0.727. The van der Waals surface area contributed by atoms with Crippen LogP contribution < -0.4 is 0 Å². The van der Waals surface area contributed by atoms with Crippen molar-refractivity contribution in [3.05, 3.63) is 0 Å². The largest absolute Gasteiger partial charge is 0.479 e. The molecule has 0 amide bonds. The molecule has 0 aliphatic rings. The highest BCUT2D eigenvalue weighted by atomic mass is 16.6. The Kier molecular flexibility index (Phi) is 6.21. The molecule has 0 rings (SSSR count). The number of carboxylic acid groups (broad SMARTS) is 1. The summed E-state index contributed by atoms with van der Waals surface area (Å²) in [6.45, 7) is 5.20. The number of nitrogens with zero attached hydrogens (tertiary/aromatic N) is 1. The Bertz CT molecular complexity index is 318. The Hall–Kier alpha value is -1.61. The highest BCUT2D eigenvalue weighted by Crippen LogP contribution is 2.21. The van der Waals surface area contributed by atoms with Gasteiger partial charge in [-0.1, -0.05) is 6.92 Å². The van der Waals surface area contributed by atoms with E-state index in [4.69, 9.17) is 19.8 Å². The lowest BCUT2D eigenvalue weighted by Crippen LogP contribution is -2.28. The molecule has 17 heavy (non-hydrogen) atoms. The van der Waals surface area contributed by atoms with E-state index in [1.165, 1.54) is 6.07 Å². The van der Waals surface area contributed by atoms with Crippen LogP contribution in [0.4, 0.5) is 0 Å². The average molecular weight is 243 g/mol. The number of aliphatic carboxylic acids is 1. The Labute approximate surface area is 100 Å². The fourth-order valence-corrected chi connectivity index (χ4v) is 0.804. The van der Waals surface area contributed by atoms with Gasteiger partial charge in [-0.05, 0) is 20.3 Å². The monoisotopic (exact) mass is 243 g/mol. The summed E-state index contributed by atoms with van der Waals surface area (Å²) >= 11 is 0. The molecule has 6 heteroatoms. The molecule has 6 nitrogen and oxygen atoms in total. The van der Waals surface area contributed by atoms with Crippen LogP contribution in [0.5, 0.6) is 0 Å². The molecule has 1 N–H and O–H groups in total. The molecule has 0 saturated heterocycles. The van der Waals surface area contributed by atoms with Gasteiger partial charge in [0.05, 0.1) is 12.0 Å². The molecule has 0 aliphatic heterocycles. The second-order valence-corrected chi connectivity index (χ2v) is 4.09. The molecule has 0 aromatic carbocycles. The van der Waals surface area contributed by atoms with Gasteiger partial charge in [-0.2, -0.15) is 5.26 Å². The summed E-state index contributed by atoms with van der Waals surface area (Å²) in [4.78, 5) is 21.9. The molecular formula is C11H17NO5. The summed E-state index contributed by atoms with van der Waals surface area (Å²) in [5.41, 5.74) is -0.568. The summed E-state index contributed by atoms with van der Waals surface area (Å²) in [7, 11) is 0. The third kappa shape index (κ3) is 5.31. The van der Waals surface area contributed by atoms with Crippen LogP contribution in [0.15, 0.2) is 0 Å². The van der Waals surface area contributed by atoms with Crippen LogP contribution in [0.1, 0.15) is 27.2 Å². The van der Waals surface area contributed by atoms with Crippen molar-refractivity contribution in [2.24, 2.45) is 5.41 Å². The first-order valence-corrected chi connectivity index (χ1v) is 5.26. The van der Waals surface area contributed by atoms with Crippen molar-refractivity contribution in [1.29, 1.82) is 5.26 Å². The van der Waals surface area contributed by atoms with Crippen LogP contribution in [0.3, 0.4) is 0 Å². The fourth-order valence-electron chi connectivity index (χ4n) is 0.804. The van der Waals surface area contributed by atoms with E-state index in [0.29, 0.717) is 6.42 Å². The molecule has 0 aromatic heterocycles. The maximum atomic E-state index is 11.5. The van der Waals surface area contributed by atoms with E-state index in [0.717, 1.165) is 0 Å². The molecule has 0 spiro atoms. The number of carbonyl (C=O) groups excluding carboxylic acids is 1. The molecule has 0 radical (unpaired) electrons. The van der Waals surface area contributed by atoms with Gasteiger partial charge in [0.1, 0.15) is 12.7 Å². The predicted molar refractivity (Wildman–Crippen MR) is 58.0 cm³/mol. The molecule has 0 heterocycles. The maximum Gasteiger partial charge on any atom is 0.347 e. The number of nitriles is 1. The summed E-state index contributed by atoms with van der Waals surface area (Å²) in [5.74, 6) is -1.72. The second kappa shape index (κ2) is 6.86. The molecule has 1 unspecified atom stereocenters. The first-order valence-electron chi connectivity index (χ1n) is 5.26. The highest BCUT2D eigenvalue weighted by molar-refractivity contribution is 5.76. The normalized spacial score (nSPS) is 12.6. The molecule has 0 bridgehead atoms. The molecule has 0 fully saturated rings. The van der Waals surface area contributed by atoms with Crippen molar-refractivity contribution in [1.82, 2.24) is 0 Å². The van der Waals surface area contributed by atoms with E-state index in [2.05, 4.69) is 0 Å². The number of rotatable bonds is 7. The van der Waals surface area contributed by atoms with Crippen LogP contribution in [-0.2, 0) is 19.1 Å². The SMILES string of the molecule is CCC(C)(C)C(=O)OCCOC(C#N)C(=O)O. The van der Waals surface area contributed by atoms with E-state index in [1.54, 1.807) is 13.8 Å². The van der Waals surface area contributed by atoms with Crippen molar-refractivity contribution in [3.63, 3.8) is 0 Å². The van der Waals surface area contributed by atoms with Gasteiger partial charge in [0.25, 0.3) is 0 Å². The molecule has 0 saturated carbocycles. The van der Waals surface area contributed by atoms with Gasteiger partial charge in [-0.3, -0.25) is 4.79 Å². The van der Waals surface area contributed by atoms with Crippen molar-refractivity contribution in [2.45, 2.75) is 33.3 Å². The maximum absolute atomic E-state index is 11.5. The van der Waals surface area contributed by atoms with Crippen LogP contribution >= 0.6 is 0 Å². The van der Waals surface area contributed by atoms with Crippen LogP contribution in [0, 0.1) is 16.7 Å². The molecular weight excluding hydrogens is 226 g/mol. The molecule has 0 aliphatic carbocycles. The van der Waals surface area contributed by atoms with Crippen LogP contribution in [0.2, 0.25) is 0 Å². The van der Waals surface area contributed by atoms with E-state index in [-0.39, 0.29) is 19.2 Å². The first kappa shape index (κ1) is 15.4. The lowest BCUT2D eigenvalue weighted by atomic mass is 9.91. The minimum Gasteiger partial charge on any atom is -0.479 e. The molecule has 96 valence electrons. The third-order valence-electron chi connectivity index (χ3n) is 2.38. The smallest absolute Gasteiger partial charge is 0.347 e. The minimum atomic E-state index is -1.52. The van der Waals surface area contributed by atoms with E-state index >= 15 is 0 Å². The number of ether oxygens (including phenoxy) is 2.